The first-order valence-electron chi connectivity index (χ1n) is 13.2. The minimum Gasteiger partial charge on any atom is -0.507 e. The maximum Gasteiger partial charge on any atom is 0.122 e. The summed E-state index contributed by atoms with van der Waals surface area (Å²) in [7, 11) is 0. The largest absolute Gasteiger partial charge is 0.507 e. The molecule has 5 aromatic carbocycles. The molecule has 0 bridgehead atoms. The summed E-state index contributed by atoms with van der Waals surface area (Å²) in [6.45, 7) is 8.09. The van der Waals surface area contributed by atoms with Gasteiger partial charge in [0.25, 0.3) is 0 Å². The van der Waals surface area contributed by atoms with Gasteiger partial charge in [-0.2, -0.15) is 0 Å². The first-order chi connectivity index (χ1) is 18.3. The molecule has 2 nitrogen and oxygen atoms in total. The van der Waals surface area contributed by atoms with Gasteiger partial charge in [0.15, 0.2) is 0 Å². The first-order valence-corrected chi connectivity index (χ1v) is 13.2. The van der Waals surface area contributed by atoms with E-state index in [0.717, 1.165) is 38.9 Å². The molecule has 1 aliphatic carbocycles. The lowest BCUT2D eigenvalue weighted by molar-refractivity contribution is 0.461. The summed E-state index contributed by atoms with van der Waals surface area (Å²) in [5.41, 5.74) is 11.2. The van der Waals surface area contributed by atoms with Crippen LogP contribution in [0.4, 0.5) is 0 Å². The third-order valence-corrected chi connectivity index (χ3v) is 8.41. The zero-order valence-electron chi connectivity index (χ0n) is 22.3. The summed E-state index contributed by atoms with van der Waals surface area (Å²) < 4.78 is 0. The summed E-state index contributed by atoms with van der Waals surface area (Å²) in [6.07, 6.45) is 0. The molecule has 6 rings (SSSR count). The van der Waals surface area contributed by atoms with Gasteiger partial charge in [-0.25, -0.2) is 0 Å². The number of hydrogen-bond donors (Lipinski definition) is 2. The number of phenols is 2. The Kier molecular flexibility index (Phi) is 5.65. The average Bonchev–Trinajstić information content (AvgIpc) is 3.24. The average molecular weight is 497 g/mol. The number of aromatic hydroxyl groups is 2. The predicted molar refractivity (Wildman–Crippen MR) is 155 cm³/mol. The molecule has 1 aliphatic rings. The molecular formula is C36H32O2. The van der Waals surface area contributed by atoms with E-state index in [-0.39, 0.29) is 5.92 Å². The Bertz CT molecular complexity index is 1610. The van der Waals surface area contributed by atoms with Gasteiger partial charge in [-0.15, -0.1) is 0 Å². The molecule has 0 amide bonds. The lowest BCUT2D eigenvalue weighted by atomic mass is 9.66. The fourth-order valence-corrected chi connectivity index (χ4v) is 6.47. The van der Waals surface area contributed by atoms with Crippen molar-refractivity contribution in [1.82, 2.24) is 0 Å². The SMILES string of the molecule is Cc1cc(C2(c3cc(C)c(O)c(C(C)c4ccccc4)c3)c3ccccc3-c3ccccc32)cc(C)c1O. The standard InChI is InChI=1S/C36H32O2/c1-22-18-27(19-23(2)34(22)37)36(32-16-10-8-14-29(32)30-15-9-11-17-33(30)36)28-20-24(3)35(38)31(21-28)25(4)26-12-6-5-7-13-26/h5-21,25,37-38H,1-4H3. The third-order valence-electron chi connectivity index (χ3n) is 8.41. The Morgan fingerprint density at radius 3 is 1.55 bits per heavy atom. The van der Waals surface area contributed by atoms with Gasteiger partial charge in [-0.3, -0.25) is 0 Å². The van der Waals surface area contributed by atoms with E-state index in [1.165, 1.54) is 22.3 Å². The Labute approximate surface area is 224 Å². The van der Waals surface area contributed by atoms with Crippen LogP contribution in [0, 0.1) is 20.8 Å². The van der Waals surface area contributed by atoms with Crippen molar-refractivity contribution in [3.63, 3.8) is 0 Å². The molecule has 1 atom stereocenters. The maximum absolute atomic E-state index is 11.3. The van der Waals surface area contributed by atoms with Crippen molar-refractivity contribution >= 4 is 0 Å². The summed E-state index contributed by atoms with van der Waals surface area (Å²) in [5, 5.41) is 22.0. The van der Waals surface area contributed by atoms with Gasteiger partial charge in [0.05, 0.1) is 5.41 Å². The molecule has 0 saturated heterocycles. The van der Waals surface area contributed by atoms with Crippen molar-refractivity contribution in [2.75, 3.05) is 0 Å². The molecule has 0 fully saturated rings. The number of aryl methyl sites for hydroxylation is 3. The summed E-state index contributed by atoms with van der Waals surface area (Å²) in [5.74, 6) is 0.698. The van der Waals surface area contributed by atoms with Crippen molar-refractivity contribution in [2.24, 2.45) is 0 Å². The minimum absolute atomic E-state index is 0.0158. The van der Waals surface area contributed by atoms with E-state index < -0.39 is 5.41 Å². The van der Waals surface area contributed by atoms with Crippen molar-refractivity contribution < 1.29 is 10.2 Å². The fraction of sp³-hybridized carbons (Fsp3) is 0.167. The Hall–Kier alpha value is -4.30. The second-order valence-electron chi connectivity index (χ2n) is 10.7. The van der Waals surface area contributed by atoms with Crippen LogP contribution in [0.5, 0.6) is 11.5 Å². The highest BCUT2D eigenvalue weighted by Gasteiger charge is 2.46. The van der Waals surface area contributed by atoms with Crippen LogP contribution in [0.15, 0.2) is 103 Å². The third kappa shape index (κ3) is 3.40. The van der Waals surface area contributed by atoms with Gasteiger partial charge in [0.2, 0.25) is 0 Å². The second kappa shape index (κ2) is 8.92. The molecule has 188 valence electrons. The molecule has 1 unspecified atom stereocenters. The van der Waals surface area contributed by atoms with Crippen LogP contribution in [-0.2, 0) is 5.41 Å². The summed E-state index contributed by atoms with van der Waals surface area (Å²) in [4.78, 5) is 0. The molecule has 2 N–H and O–H groups in total. The van der Waals surface area contributed by atoms with E-state index in [4.69, 9.17) is 0 Å². The van der Waals surface area contributed by atoms with Crippen molar-refractivity contribution in [2.45, 2.75) is 39.0 Å². The van der Waals surface area contributed by atoms with Gasteiger partial charge >= 0.3 is 0 Å². The molecule has 0 spiro atoms. The Morgan fingerprint density at radius 2 is 1.00 bits per heavy atom. The topological polar surface area (TPSA) is 40.5 Å². The Balaban J connectivity index is 1.74. The van der Waals surface area contributed by atoms with Crippen molar-refractivity contribution in [3.8, 4) is 22.6 Å². The van der Waals surface area contributed by atoms with Crippen LogP contribution in [0.1, 0.15) is 62.9 Å². The van der Waals surface area contributed by atoms with Crippen LogP contribution in [0.3, 0.4) is 0 Å². The normalized spacial score (nSPS) is 14.1. The van der Waals surface area contributed by atoms with E-state index in [2.05, 4.69) is 91.9 Å². The van der Waals surface area contributed by atoms with Crippen molar-refractivity contribution in [1.29, 1.82) is 0 Å². The van der Waals surface area contributed by atoms with Gasteiger partial charge in [-0.1, -0.05) is 104 Å². The zero-order chi connectivity index (χ0) is 26.6. The van der Waals surface area contributed by atoms with E-state index >= 15 is 0 Å². The molecule has 0 heterocycles. The first kappa shape index (κ1) is 24.1. The summed E-state index contributed by atoms with van der Waals surface area (Å²) in [6, 6.07) is 36.3. The molecule has 0 aliphatic heterocycles. The summed E-state index contributed by atoms with van der Waals surface area (Å²) >= 11 is 0. The zero-order valence-corrected chi connectivity index (χ0v) is 22.3. The van der Waals surface area contributed by atoms with Gasteiger partial charge in [-0.05, 0) is 82.5 Å². The Morgan fingerprint density at radius 1 is 0.553 bits per heavy atom. The van der Waals surface area contributed by atoms with Gasteiger partial charge < -0.3 is 10.2 Å². The molecule has 0 radical (unpaired) electrons. The van der Waals surface area contributed by atoms with E-state index in [1.807, 2.05) is 39.0 Å². The number of phenolic OH excluding ortho intramolecular Hbond substituents is 2. The number of benzene rings is 5. The highest BCUT2D eigenvalue weighted by atomic mass is 16.3. The lowest BCUT2D eigenvalue weighted by Crippen LogP contribution is -2.29. The van der Waals surface area contributed by atoms with Crippen molar-refractivity contribution in [3.05, 3.63) is 153 Å². The molecule has 2 heteroatoms. The highest BCUT2D eigenvalue weighted by Crippen LogP contribution is 2.57. The number of fused-ring (bicyclic) bond motifs is 3. The smallest absolute Gasteiger partial charge is 0.122 e. The minimum atomic E-state index is -0.597. The van der Waals surface area contributed by atoms with Crippen LogP contribution < -0.4 is 0 Å². The predicted octanol–water partition coefficient (Wildman–Crippen LogP) is 8.54. The quantitative estimate of drug-likeness (QED) is 0.257. The molecule has 0 saturated carbocycles. The monoisotopic (exact) mass is 496 g/mol. The van der Waals surface area contributed by atoms with Crippen LogP contribution in [-0.4, -0.2) is 10.2 Å². The molecular weight excluding hydrogens is 464 g/mol. The van der Waals surface area contributed by atoms with E-state index in [9.17, 15) is 10.2 Å². The van der Waals surface area contributed by atoms with E-state index in [1.54, 1.807) is 0 Å². The molecule has 5 aromatic rings. The van der Waals surface area contributed by atoms with Crippen LogP contribution in [0.25, 0.3) is 11.1 Å². The lowest BCUT2D eigenvalue weighted by Gasteiger charge is -2.35. The van der Waals surface area contributed by atoms with Crippen LogP contribution >= 0.6 is 0 Å². The number of rotatable bonds is 4. The van der Waals surface area contributed by atoms with Crippen LogP contribution in [0.2, 0.25) is 0 Å². The maximum atomic E-state index is 11.3. The molecule has 0 aromatic heterocycles. The second-order valence-corrected chi connectivity index (χ2v) is 10.7. The number of hydrogen-bond acceptors (Lipinski definition) is 2. The van der Waals surface area contributed by atoms with Gasteiger partial charge in [0.1, 0.15) is 11.5 Å². The van der Waals surface area contributed by atoms with Gasteiger partial charge in [0, 0.05) is 11.5 Å². The highest BCUT2D eigenvalue weighted by molar-refractivity contribution is 5.86. The van der Waals surface area contributed by atoms with E-state index in [0.29, 0.717) is 11.5 Å². The fourth-order valence-electron chi connectivity index (χ4n) is 6.47. The molecule has 38 heavy (non-hydrogen) atoms.